The molecule has 1 saturated heterocycles. The van der Waals surface area contributed by atoms with E-state index in [0.29, 0.717) is 11.8 Å². The van der Waals surface area contributed by atoms with Crippen LogP contribution in [0.2, 0.25) is 0 Å². The lowest BCUT2D eigenvalue weighted by atomic mass is 9.92. The van der Waals surface area contributed by atoms with Gasteiger partial charge >= 0.3 is 0 Å². The van der Waals surface area contributed by atoms with Crippen LogP contribution in [0.4, 0.5) is 0 Å². The van der Waals surface area contributed by atoms with E-state index < -0.39 is 0 Å². The monoisotopic (exact) mass is 249 g/mol. The second-order valence-electron chi connectivity index (χ2n) is 5.60. The van der Waals surface area contributed by atoms with Gasteiger partial charge in [-0.25, -0.2) is 0 Å². The molecule has 18 heavy (non-hydrogen) atoms. The van der Waals surface area contributed by atoms with E-state index in [1.807, 2.05) is 15.6 Å². The standard InChI is InChI=1S/C14H23N3O/c1-4-7-17-13(5-6-15-17)14(18)16-9-11(2)8-12(3)10-16/h5-6,11-12H,4,7-10H2,1-3H3/t11-,12-/m1/s1. The first kappa shape index (κ1) is 13.1. The lowest BCUT2D eigenvalue weighted by molar-refractivity contribution is 0.0610. The molecule has 1 aromatic heterocycles. The third kappa shape index (κ3) is 2.74. The van der Waals surface area contributed by atoms with Crippen LogP contribution in [0.3, 0.4) is 0 Å². The first-order valence-electron chi connectivity index (χ1n) is 6.93. The molecule has 1 amide bonds. The average Bonchev–Trinajstić information content (AvgIpc) is 2.75. The van der Waals surface area contributed by atoms with Crippen LogP contribution in [-0.2, 0) is 6.54 Å². The molecule has 100 valence electrons. The fourth-order valence-electron chi connectivity index (χ4n) is 2.90. The van der Waals surface area contributed by atoms with Crippen molar-refractivity contribution in [2.45, 2.75) is 40.2 Å². The normalized spacial score (nSPS) is 24.3. The molecule has 2 rings (SSSR count). The number of rotatable bonds is 3. The predicted octanol–water partition coefficient (Wildman–Crippen LogP) is 2.41. The van der Waals surface area contributed by atoms with Crippen molar-refractivity contribution in [3.63, 3.8) is 0 Å². The van der Waals surface area contributed by atoms with Gasteiger partial charge in [-0.3, -0.25) is 9.48 Å². The van der Waals surface area contributed by atoms with E-state index in [9.17, 15) is 4.79 Å². The zero-order valence-electron chi connectivity index (χ0n) is 11.6. The molecule has 0 radical (unpaired) electrons. The molecule has 0 saturated carbocycles. The highest BCUT2D eigenvalue weighted by atomic mass is 16.2. The summed E-state index contributed by atoms with van der Waals surface area (Å²) in [5, 5.41) is 4.23. The van der Waals surface area contributed by atoms with Crippen molar-refractivity contribution in [3.05, 3.63) is 18.0 Å². The maximum Gasteiger partial charge on any atom is 0.272 e. The van der Waals surface area contributed by atoms with Crippen molar-refractivity contribution in [1.29, 1.82) is 0 Å². The van der Waals surface area contributed by atoms with Gasteiger partial charge < -0.3 is 4.90 Å². The molecule has 4 heteroatoms. The molecule has 2 atom stereocenters. The molecule has 0 bridgehead atoms. The van der Waals surface area contributed by atoms with Crippen molar-refractivity contribution in [2.75, 3.05) is 13.1 Å². The summed E-state index contributed by atoms with van der Waals surface area (Å²) in [6.07, 6.45) is 3.94. The molecule has 0 aliphatic carbocycles. The Morgan fingerprint density at radius 1 is 1.39 bits per heavy atom. The minimum Gasteiger partial charge on any atom is -0.337 e. The van der Waals surface area contributed by atoms with E-state index in [2.05, 4.69) is 25.9 Å². The van der Waals surface area contributed by atoms with Gasteiger partial charge in [-0.2, -0.15) is 5.10 Å². The number of hydrogen-bond donors (Lipinski definition) is 0. The topological polar surface area (TPSA) is 38.1 Å². The van der Waals surface area contributed by atoms with Crippen molar-refractivity contribution >= 4 is 5.91 Å². The molecule has 0 unspecified atom stereocenters. The first-order valence-corrected chi connectivity index (χ1v) is 6.93. The molecular formula is C14H23N3O. The Morgan fingerprint density at radius 3 is 2.67 bits per heavy atom. The fourth-order valence-corrected chi connectivity index (χ4v) is 2.90. The Kier molecular flexibility index (Phi) is 4.04. The van der Waals surface area contributed by atoms with Crippen LogP contribution in [-0.4, -0.2) is 33.7 Å². The van der Waals surface area contributed by atoms with E-state index in [1.54, 1.807) is 6.20 Å². The van der Waals surface area contributed by atoms with Crippen LogP contribution >= 0.6 is 0 Å². The van der Waals surface area contributed by atoms with Crippen LogP contribution in [0, 0.1) is 11.8 Å². The van der Waals surface area contributed by atoms with Crippen molar-refractivity contribution in [3.8, 4) is 0 Å². The molecule has 0 aromatic carbocycles. The van der Waals surface area contributed by atoms with Crippen LogP contribution in [0.5, 0.6) is 0 Å². The molecule has 0 spiro atoms. The maximum absolute atomic E-state index is 12.5. The lowest BCUT2D eigenvalue weighted by Gasteiger charge is -2.35. The minimum absolute atomic E-state index is 0.138. The summed E-state index contributed by atoms with van der Waals surface area (Å²) >= 11 is 0. The van der Waals surface area contributed by atoms with Crippen LogP contribution in [0.15, 0.2) is 12.3 Å². The minimum atomic E-state index is 0.138. The SMILES string of the molecule is CCCn1nccc1C(=O)N1C[C@H](C)C[C@@H](C)C1. The zero-order chi connectivity index (χ0) is 13.1. The second-order valence-corrected chi connectivity index (χ2v) is 5.60. The fraction of sp³-hybridized carbons (Fsp3) is 0.714. The van der Waals surface area contributed by atoms with Crippen LogP contribution in [0.25, 0.3) is 0 Å². The highest BCUT2D eigenvalue weighted by Gasteiger charge is 2.27. The van der Waals surface area contributed by atoms with E-state index in [0.717, 1.165) is 31.7 Å². The van der Waals surface area contributed by atoms with Gasteiger partial charge in [-0.1, -0.05) is 20.8 Å². The van der Waals surface area contributed by atoms with Crippen molar-refractivity contribution in [2.24, 2.45) is 11.8 Å². The number of aromatic nitrogens is 2. The van der Waals surface area contributed by atoms with Gasteiger partial charge in [0.15, 0.2) is 0 Å². The Balaban J connectivity index is 2.12. The predicted molar refractivity (Wildman–Crippen MR) is 71.4 cm³/mol. The number of aryl methyl sites for hydroxylation is 1. The van der Waals surface area contributed by atoms with Crippen molar-refractivity contribution in [1.82, 2.24) is 14.7 Å². The third-order valence-corrected chi connectivity index (χ3v) is 3.53. The molecule has 1 aliphatic heterocycles. The van der Waals surface area contributed by atoms with Crippen LogP contribution in [0.1, 0.15) is 44.1 Å². The average molecular weight is 249 g/mol. The molecular weight excluding hydrogens is 226 g/mol. The number of nitrogens with zero attached hydrogens (tertiary/aromatic N) is 3. The van der Waals surface area contributed by atoms with E-state index in [4.69, 9.17) is 0 Å². The Bertz CT molecular complexity index is 403. The summed E-state index contributed by atoms with van der Waals surface area (Å²) in [6, 6.07) is 1.84. The second kappa shape index (κ2) is 5.55. The Morgan fingerprint density at radius 2 is 2.06 bits per heavy atom. The molecule has 0 N–H and O–H groups in total. The molecule has 2 heterocycles. The van der Waals surface area contributed by atoms with Gasteiger partial charge in [0.2, 0.25) is 0 Å². The Labute approximate surface area is 109 Å². The van der Waals surface area contributed by atoms with E-state index in [1.165, 1.54) is 6.42 Å². The molecule has 4 nitrogen and oxygen atoms in total. The summed E-state index contributed by atoms with van der Waals surface area (Å²) in [7, 11) is 0. The summed E-state index contributed by atoms with van der Waals surface area (Å²) < 4.78 is 1.83. The number of carbonyl (C=O) groups excluding carboxylic acids is 1. The maximum atomic E-state index is 12.5. The van der Waals surface area contributed by atoms with Crippen LogP contribution < -0.4 is 0 Å². The number of hydrogen-bond acceptors (Lipinski definition) is 2. The van der Waals surface area contributed by atoms with Gasteiger partial charge in [0.1, 0.15) is 5.69 Å². The van der Waals surface area contributed by atoms with Gasteiger partial charge in [-0.15, -0.1) is 0 Å². The third-order valence-electron chi connectivity index (χ3n) is 3.53. The summed E-state index contributed by atoms with van der Waals surface area (Å²) in [5.74, 6) is 1.33. The highest BCUT2D eigenvalue weighted by Crippen LogP contribution is 2.22. The van der Waals surface area contributed by atoms with Gasteiger partial charge in [-0.05, 0) is 30.7 Å². The number of carbonyl (C=O) groups is 1. The van der Waals surface area contributed by atoms with E-state index in [-0.39, 0.29) is 5.91 Å². The molecule has 1 aliphatic rings. The van der Waals surface area contributed by atoms with Crippen molar-refractivity contribution < 1.29 is 4.79 Å². The first-order chi connectivity index (χ1) is 8.61. The molecule has 1 fully saturated rings. The summed E-state index contributed by atoms with van der Waals surface area (Å²) in [5.41, 5.74) is 0.734. The van der Waals surface area contributed by atoms with E-state index >= 15 is 0 Å². The summed E-state index contributed by atoms with van der Waals surface area (Å²) in [4.78, 5) is 14.5. The number of amides is 1. The van der Waals surface area contributed by atoms with Gasteiger partial charge in [0.05, 0.1) is 0 Å². The highest BCUT2D eigenvalue weighted by molar-refractivity contribution is 5.92. The molecule has 1 aromatic rings. The zero-order valence-corrected chi connectivity index (χ0v) is 11.6. The lowest BCUT2D eigenvalue weighted by Crippen LogP contribution is -2.43. The number of piperidine rings is 1. The van der Waals surface area contributed by atoms with Gasteiger partial charge in [0.25, 0.3) is 5.91 Å². The largest absolute Gasteiger partial charge is 0.337 e. The summed E-state index contributed by atoms with van der Waals surface area (Å²) in [6.45, 7) is 9.10. The van der Waals surface area contributed by atoms with Gasteiger partial charge in [0, 0.05) is 25.8 Å². The quantitative estimate of drug-likeness (QED) is 0.825. The Hall–Kier alpha value is -1.32. The smallest absolute Gasteiger partial charge is 0.272 e. The number of likely N-dealkylation sites (tertiary alicyclic amines) is 1.